The molecule has 1 aromatic heterocycles. The lowest BCUT2D eigenvalue weighted by Crippen LogP contribution is -2.31. The summed E-state index contributed by atoms with van der Waals surface area (Å²) in [6.07, 6.45) is 1.30. The van der Waals surface area contributed by atoms with Crippen LogP contribution in [0.5, 0.6) is 0 Å². The number of hydrogen-bond donors (Lipinski definition) is 0. The Balaban J connectivity index is 2.08. The van der Waals surface area contributed by atoms with E-state index < -0.39 is 0 Å². The van der Waals surface area contributed by atoms with Crippen LogP contribution in [0.25, 0.3) is 11.0 Å². The first-order valence-corrected chi connectivity index (χ1v) is 6.90. The van der Waals surface area contributed by atoms with Crippen molar-refractivity contribution >= 4 is 28.4 Å². The lowest BCUT2D eigenvalue weighted by Gasteiger charge is -2.27. The van der Waals surface area contributed by atoms with Gasteiger partial charge in [0.15, 0.2) is 5.78 Å². The second-order valence-electron chi connectivity index (χ2n) is 4.81. The Hall–Kier alpha value is -1.39. The quantitative estimate of drug-likeness (QED) is 0.638. The molecule has 0 spiro atoms. The average molecular weight is 279 g/mol. The third-order valence-electron chi connectivity index (χ3n) is 3.53. The van der Waals surface area contributed by atoms with Gasteiger partial charge in [-0.15, -0.1) is 11.6 Å². The Morgan fingerprint density at radius 3 is 2.95 bits per heavy atom. The van der Waals surface area contributed by atoms with E-state index in [0.29, 0.717) is 11.4 Å². The second-order valence-corrected chi connectivity index (χ2v) is 5.08. The fourth-order valence-electron chi connectivity index (χ4n) is 2.33. The number of hydrogen-bond acceptors (Lipinski definition) is 3. The van der Waals surface area contributed by atoms with Gasteiger partial charge >= 0.3 is 0 Å². The molecule has 1 saturated heterocycles. The number of nitrogens with zero attached hydrogens (tertiary/aromatic N) is 2. The maximum absolute atomic E-state index is 11.5. The standard InChI is InChI=1S/C14H15ClN2O2/c1-9(18)10-2-3-12-13(6-10)17(14(7-15)16-12)8-11-4-5-19-11/h2-3,6,11H,4-5,7-8H2,1H3/t11-/m0/s1. The number of fused-ring (bicyclic) bond motifs is 1. The fourth-order valence-corrected chi connectivity index (χ4v) is 2.53. The number of ether oxygens (including phenoxy) is 1. The number of ketones is 1. The number of carbonyl (C=O) groups is 1. The molecule has 19 heavy (non-hydrogen) atoms. The molecule has 1 fully saturated rings. The normalized spacial score (nSPS) is 18.5. The third-order valence-corrected chi connectivity index (χ3v) is 3.77. The van der Waals surface area contributed by atoms with Crippen molar-refractivity contribution in [3.63, 3.8) is 0 Å². The number of alkyl halides is 1. The van der Waals surface area contributed by atoms with Crippen molar-refractivity contribution in [1.82, 2.24) is 9.55 Å². The summed E-state index contributed by atoms with van der Waals surface area (Å²) in [5.41, 5.74) is 2.53. The number of Topliss-reactive ketones (excluding diaryl/α,β-unsaturated/α-hetero) is 1. The van der Waals surface area contributed by atoms with Crippen LogP contribution in [0.3, 0.4) is 0 Å². The van der Waals surface area contributed by atoms with E-state index >= 15 is 0 Å². The van der Waals surface area contributed by atoms with Crippen molar-refractivity contribution in [2.24, 2.45) is 0 Å². The molecule has 0 amide bonds. The number of carbonyl (C=O) groups excluding carboxylic acids is 1. The van der Waals surface area contributed by atoms with Crippen LogP contribution >= 0.6 is 11.6 Å². The number of halogens is 1. The van der Waals surface area contributed by atoms with Crippen LogP contribution in [-0.4, -0.2) is 28.0 Å². The highest BCUT2D eigenvalue weighted by molar-refractivity contribution is 6.16. The summed E-state index contributed by atoms with van der Waals surface area (Å²) in [5, 5.41) is 0. The van der Waals surface area contributed by atoms with Crippen LogP contribution in [0.1, 0.15) is 29.5 Å². The van der Waals surface area contributed by atoms with Crippen LogP contribution in [0, 0.1) is 0 Å². The topological polar surface area (TPSA) is 44.1 Å². The van der Waals surface area contributed by atoms with Crippen LogP contribution in [-0.2, 0) is 17.2 Å². The first kappa shape index (κ1) is 12.6. The molecule has 1 atom stereocenters. The zero-order valence-electron chi connectivity index (χ0n) is 10.7. The zero-order chi connectivity index (χ0) is 13.4. The van der Waals surface area contributed by atoms with E-state index in [2.05, 4.69) is 9.55 Å². The molecule has 1 aliphatic heterocycles. The molecule has 3 rings (SSSR count). The van der Waals surface area contributed by atoms with Crippen LogP contribution in [0.2, 0.25) is 0 Å². The Bertz CT molecular complexity index is 632. The monoisotopic (exact) mass is 278 g/mol. The largest absolute Gasteiger partial charge is 0.376 e. The van der Waals surface area contributed by atoms with Crippen molar-refractivity contribution in [3.8, 4) is 0 Å². The lowest BCUT2D eigenvalue weighted by atomic mass is 10.1. The van der Waals surface area contributed by atoms with Gasteiger partial charge in [-0.1, -0.05) is 0 Å². The highest BCUT2D eigenvalue weighted by Gasteiger charge is 2.21. The highest BCUT2D eigenvalue weighted by Crippen LogP contribution is 2.23. The molecule has 0 saturated carbocycles. The van der Waals surface area contributed by atoms with E-state index in [9.17, 15) is 4.79 Å². The summed E-state index contributed by atoms with van der Waals surface area (Å²) >= 11 is 5.96. The van der Waals surface area contributed by atoms with Gasteiger partial charge in [-0.25, -0.2) is 4.98 Å². The minimum absolute atomic E-state index is 0.0574. The summed E-state index contributed by atoms with van der Waals surface area (Å²) in [6, 6.07) is 5.57. The predicted molar refractivity (Wildman–Crippen MR) is 73.7 cm³/mol. The molecule has 5 heteroatoms. The summed E-state index contributed by atoms with van der Waals surface area (Å²) in [5.74, 6) is 1.24. The Morgan fingerprint density at radius 1 is 1.58 bits per heavy atom. The molecule has 0 aliphatic carbocycles. The van der Waals surface area contributed by atoms with Gasteiger partial charge in [0, 0.05) is 12.2 Å². The average Bonchev–Trinajstić information content (AvgIpc) is 2.70. The molecular formula is C14H15ClN2O2. The van der Waals surface area contributed by atoms with Gasteiger partial charge in [-0.05, 0) is 31.5 Å². The van der Waals surface area contributed by atoms with Gasteiger partial charge < -0.3 is 9.30 Å². The van der Waals surface area contributed by atoms with E-state index in [-0.39, 0.29) is 11.9 Å². The van der Waals surface area contributed by atoms with E-state index in [1.165, 1.54) is 0 Å². The van der Waals surface area contributed by atoms with Crippen LogP contribution in [0.15, 0.2) is 18.2 Å². The molecule has 1 aliphatic rings. The molecular weight excluding hydrogens is 264 g/mol. The molecule has 1 aromatic carbocycles. The highest BCUT2D eigenvalue weighted by atomic mass is 35.5. The van der Waals surface area contributed by atoms with Crippen molar-refractivity contribution in [2.75, 3.05) is 6.61 Å². The molecule has 100 valence electrons. The Kier molecular flexibility index (Phi) is 3.29. The lowest BCUT2D eigenvalue weighted by molar-refractivity contribution is -0.0589. The second kappa shape index (κ2) is 4.94. The number of rotatable bonds is 4. The minimum atomic E-state index is 0.0574. The van der Waals surface area contributed by atoms with Crippen molar-refractivity contribution < 1.29 is 9.53 Å². The molecule has 0 unspecified atom stereocenters. The maximum atomic E-state index is 11.5. The summed E-state index contributed by atoms with van der Waals surface area (Å²) in [6.45, 7) is 3.14. The van der Waals surface area contributed by atoms with Crippen molar-refractivity contribution in [3.05, 3.63) is 29.6 Å². The van der Waals surface area contributed by atoms with E-state index in [4.69, 9.17) is 16.3 Å². The molecule has 2 aromatic rings. The van der Waals surface area contributed by atoms with Gasteiger partial charge in [0.1, 0.15) is 5.82 Å². The molecule has 4 nitrogen and oxygen atoms in total. The van der Waals surface area contributed by atoms with Gasteiger partial charge in [-0.2, -0.15) is 0 Å². The fraction of sp³-hybridized carbons (Fsp3) is 0.429. The van der Waals surface area contributed by atoms with Crippen molar-refractivity contribution in [2.45, 2.75) is 31.9 Å². The summed E-state index contributed by atoms with van der Waals surface area (Å²) in [4.78, 5) is 16.0. The molecule has 2 heterocycles. The van der Waals surface area contributed by atoms with E-state index in [1.807, 2.05) is 12.1 Å². The first-order chi connectivity index (χ1) is 9.19. The molecule has 0 bridgehead atoms. The minimum Gasteiger partial charge on any atom is -0.376 e. The van der Waals surface area contributed by atoms with Gasteiger partial charge in [0.2, 0.25) is 0 Å². The molecule has 0 N–H and O–H groups in total. The number of benzene rings is 1. The van der Waals surface area contributed by atoms with Crippen LogP contribution < -0.4 is 0 Å². The summed E-state index contributed by atoms with van der Waals surface area (Å²) in [7, 11) is 0. The predicted octanol–water partition coefficient (Wildman–Crippen LogP) is 2.77. The Labute approximate surface area is 116 Å². The van der Waals surface area contributed by atoms with Gasteiger partial charge in [0.05, 0.1) is 29.6 Å². The molecule has 0 radical (unpaired) electrons. The third kappa shape index (κ3) is 2.26. The van der Waals surface area contributed by atoms with Gasteiger partial charge in [-0.3, -0.25) is 4.79 Å². The SMILES string of the molecule is CC(=O)c1ccc2nc(CCl)n(C[C@@H]3CCO3)c2c1. The van der Waals surface area contributed by atoms with Gasteiger partial charge in [0.25, 0.3) is 0 Å². The number of aromatic nitrogens is 2. The maximum Gasteiger partial charge on any atom is 0.159 e. The number of imidazole rings is 1. The van der Waals surface area contributed by atoms with Crippen molar-refractivity contribution in [1.29, 1.82) is 0 Å². The van der Waals surface area contributed by atoms with E-state index in [0.717, 1.165) is 36.4 Å². The smallest absolute Gasteiger partial charge is 0.159 e. The zero-order valence-corrected chi connectivity index (χ0v) is 11.5. The summed E-state index contributed by atoms with van der Waals surface area (Å²) < 4.78 is 7.54. The van der Waals surface area contributed by atoms with E-state index in [1.54, 1.807) is 13.0 Å². The van der Waals surface area contributed by atoms with Crippen LogP contribution in [0.4, 0.5) is 0 Å². The Morgan fingerprint density at radius 2 is 2.37 bits per heavy atom. The first-order valence-electron chi connectivity index (χ1n) is 6.36.